The number of hydrogen-bond acceptors (Lipinski definition) is 5. The number of aliphatic hydroxyl groups is 2. The van der Waals surface area contributed by atoms with Gasteiger partial charge in [0.15, 0.2) is 0 Å². The third kappa shape index (κ3) is 5.79. The average molecular weight is 450 g/mol. The highest BCUT2D eigenvalue weighted by Gasteiger charge is 2.38. The van der Waals surface area contributed by atoms with Crippen molar-refractivity contribution < 1.29 is 19.3 Å². The Morgan fingerprint density at radius 3 is 2.52 bits per heavy atom. The minimum Gasteiger partial charge on any atom is -0.489 e. The SMILES string of the molecule is CC(O)c1nccn1C(C#Cc1ccc(-c2ccc(O[C@@H]3C[C@H]3NCCF)cc2)cc1)CO. The Balaban J connectivity index is 1.38. The molecule has 172 valence electrons. The maximum Gasteiger partial charge on any atom is 0.138 e. The summed E-state index contributed by atoms with van der Waals surface area (Å²) in [5, 5.41) is 22.7. The highest BCUT2D eigenvalue weighted by Crippen LogP contribution is 2.29. The van der Waals surface area contributed by atoms with Crippen LogP contribution in [0.5, 0.6) is 5.75 Å². The first-order valence-corrected chi connectivity index (χ1v) is 11.1. The van der Waals surface area contributed by atoms with Gasteiger partial charge in [-0.1, -0.05) is 36.1 Å². The summed E-state index contributed by atoms with van der Waals surface area (Å²) in [5.74, 6) is 7.43. The van der Waals surface area contributed by atoms with E-state index in [1.807, 2.05) is 48.5 Å². The van der Waals surface area contributed by atoms with E-state index in [9.17, 15) is 14.6 Å². The summed E-state index contributed by atoms with van der Waals surface area (Å²) in [6.07, 6.45) is 3.57. The summed E-state index contributed by atoms with van der Waals surface area (Å²) in [7, 11) is 0. The van der Waals surface area contributed by atoms with Gasteiger partial charge in [0.05, 0.1) is 6.61 Å². The normalized spacial score (nSPS) is 18.8. The van der Waals surface area contributed by atoms with E-state index in [0.717, 1.165) is 28.9 Å². The monoisotopic (exact) mass is 449 g/mol. The smallest absolute Gasteiger partial charge is 0.138 e. The summed E-state index contributed by atoms with van der Waals surface area (Å²) in [5.41, 5.74) is 2.96. The molecule has 2 unspecified atom stereocenters. The summed E-state index contributed by atoms with van der Waals surface area (Å²) in [6.45, 7) is 1.46. The van der Waals surface area contributed by atoms with E-state index in [1.54, 1.807) is 23.9 Å². The molecule has 7 heteroatoms. The third-order valence-corrected chi connectivity index (χ3v) is 5.56. The third-order valence-electron chi connectivity index (χ3n) is 5.56. The van der Waals surface area contributed by atoms with Crippen molar-refractivity contribution in [3.05, 3.63) is 72.3 Å². The lowest BCUT2D eigenvalue weighted by Crippen LogP contribution is -2.23. The lowest BCUT2D eigenvalue weighted by Gasteiger charge is -2.14. The molecule has 4 rings (SSSR count). The molecular weight excluding hydrogens is 421 g/mol. The van der Waals surface area contributed by atoms with E-state index < -0.39 is 12.1 Å². The molecule has 3 aromatic rings. The van der Waals surface area contributed by atoms with Gasteiger partial charge >= 0.3 is 0 Å². The Hall–Kier alpha value is -3.18. The molecule has 2 aromatic carbocycles. The van der Waals surface area contributed by atoms with Crippen molar-refractivity contribution in [2.75, 3.05) is 19.8 Å². The second-order valence-electron chi connectivity index (χ2n) is 8.08. The Morgan fingerprint density at radius 2 is 1.88 bits per heavy atom. The summed E-state index contributed by atoms with van der Waals surface area (Å²) >= 11 is 0. The standard InChI is InChI=1S/C26H28FN3O3/c1-18(32)26-29-14-15-30(26)22(17-31)9-4-19-2-5-20(6-3-19)21-7-10-23(11-8-21)33-25-16-24(25)28-13-12-27/h2-3,5-8,10-11,14-15,18,22,24-25,28,31-32H,12-13,16-17H2,1H3/t18?,22?,24-,25-/m1/s1. The molecular formula is C26H28FN3O3. The Kier molecular flexibility index (Phi) is 7.40. The van der Waals surface area contributed by atoms with Gasteiger partial charge in [-0.05, 0) is 42.3 Å². The van der Waals surface area contributed by atoms with Gasteiger partial charge in [0, 0.05) is 37.0 Å². The Bertz CT molecular complexity index is 1100. The van der Waals surface area contributed by atoms with Crippen LogP contribution in [0.2, 0.25) is 0 Å². The lowest BCUT2D eigenvalue weighted by molar-refractivity contribution is 0.176. The fraction of sp³-hybridized carbons (Fsp3) is 0.346. The van der Waals surface area contributed by atoms with E-state index >= 15 is 0 Å². The molecule has 33 heavy (non-hydrogen) atoms. The molecule has 1 heterocycles. The highest BCUT2D eigenvalue weighted by atomic mass is 19.1. The molecule has 6 nitrogen and oxygen atoms in total. The van der Waals surface area contributed by atoms with Crippen molar-refractivity contribution in [2.24, 2.45) is 0 Å². The first kappa shape index (κ1) is 23.0. The molecule has 0 aliphatic heterocycles. The van der Waals surface area contributed by atoms with Crippen LogP contribution in [0.4, 0.5) is 4.39 Å². The zero-order valence-corrected chi connectivity index (χ0v) is 18.5. The van der Waals surface area contributed by atoms with Gasteiger partial charge < -0.3 is 24.8 Å². The maximum atomic E-state index is 12.2. The fourth-order valence-corrected chi connectivity index (χ4v) is 3.68. The number of alkyl halides is 1. The van der Waals surface area contributed by atoms with Crippen molar-refractivity contribution in [1.82, 2.24) is 14.9 Å². The largest absolute Gasteiger partial charge is 0.489 e. The van der Waals surface area contributed by atoms with Crippen LogP contribution in [0.25, 0.3) is 11.1 Å². The van der Waals surface area contributed by atoms with Gasteiger partial charge in [-0.15, -0.1) is 0 Å². The van der Waals surface area contributed by atoms with E-state index in [-0.39, 0.29) is 25.4 Å². The Morgan fingerprint density at radius 1 is 1.18 bits per heavy atom. The first-order chi connectivity index (χ1) is 16.1. The molecule has 1 aliphatic carbocycles. The quantitative estimate of drug-likeness (QED) is 0.437. The number of halogens is 1. The number of nitrogens with zero attached hydrogens (tertiary/aromatic N) is 2. The van der Waals surface area contributed by atoms with Gasteiger partial charge in [0.25, 0.3) is 0 Å². The topological polar surface area (TPSA) is 79.5 Å². The number of benzene rings is 2. The molecule has 1 saturated carbocycles. The van der Waals surface area contributed by atoms with Crippen LogP contribution < -0.4 is 10.1 Å². The van der Waals surface area contributed by atoms with Crippen LogP contribution in [0.3, 0.4) is 0 Å². The maximum absolute atomic E-state index is 12.2. The van der Waals surface area contributed by atoms with Crippen molar-refractivity contribution >= 4 is 0 Å². The molecule has 1 aromatic heterocycles. The molecule has 0 radical (unpaired) electrons. The van der Waals surface area contributed by atoms with E-state index in [2.05, 4.69) is 22.1 Å². The van der Waals surface area contributed by atoms with Crippen molar-refractivity contribution in [3.8, 4) is 28.7 Å². The second kappa shape index (κ2) is 10.6. The minimum atomic E-state index is -0.740. The predicted octanol–water partition coefficient (Wildman–Crippen LogP) is 3.27. The minimum absolute atomic E-state index is 0.113. The molecule has 1 fully saturated rings. The summed E-state index contributed by atoms with van der Waals surface area (Å²) in [4.78, 5) is 4.13. The van der Waals surface area contributed by atoms with Crippen LogP contribution in [0, 0.1) is 11.8 Å². The number of imidazole rings is 1. The van der Waals surface area contributed by atoms with Crippen molar-refractivity contribution in [2.45, 2.75) is 37.6 Å². The highest BCUT2D eigenvalue weighted by molar-refractivity contribution is 5.65. The molecule has 0 amide bonds. The number of aromatic nitrogens is 2. The van der Waals surface area contributed by atoms with Gasteiger partial charge in [0.2, 0.25) is 0 Å². The summed E-state index contributed by atoms with van der Waals surface area (Å²) in [6, 6.07) is 15.6. The molecule has 0 bridgehead atoms. The van der Waals surface area contributed by atoms with Gasteiger partial charge in [0.1, 0.15) is 36.5 Å². The fourth-order valence-electron chi connectivity index (χ4n) is 3.68. The molecule has 4 atom stereocenters. The number of aliphatic hydroxyl groups excluding tert-OH is 2. The first-order valence-electron chi connectivity index (χ1n) is 11.1. The molecule has 1 aliphatic rings. The average Bonchev–Trinajstić information content (AvgIpc) is 3.37. The molecule has 0 spiro atoms. The van der Waals surface area contributed by atoms with Crippen LogP contribution in [0.15, 0.2) is 60.9 Å². The number of nitrogens with one attached hydrogen (secondary N) is 1. The lowest BCUT2D eigenvalue weighted by atomic mass is 10.0. The van der Waals surface area contributed by atoms with Crippen molar-refractivity contribution in [3.63, 3.8) is 0 Å². The predicted molar refractivity (Wildman–Crippen MR) is 125 cm³/mol. The van der Waals surface area contributed by atoms with E-state index in [1.165, 1.54) is 0 Å². The van der Waals surface area contributed by atoms with Crippen LogP contribution in [-0.2, 0) is 0 Å². The second-order valence-corrected chi connectivity index (χ2v) is 8.08. The summed E-state index contributed by atoms with van der Waals surface area (Å²) < 4.78 is 19.8. The van der Waals surface area contributed by atoms with Crippen LogP contribution >= 0.6 is 0 Å². The Labute approximate surface area is 193 Å². The zero-order chi connectivity index (χ0) is 23.2. The van der Waals surface area contributed by atoms with Gasteiger partial charge in [-0.3, -0.25) is 0 Å². The van der Waals surface area contributed by atoms with E-state index in [4.69, 9.17) is 4.74 Å². The van der Waals surface area contributed by atoms with Crippen LogP contribution in [-0.4, -0.2) is 51.7 Å². The van der Waals surface area contributed by atoms with Gasteiger partial charge in [-0.2, -0.15) is 0 Å². The molecule has 3 N–H and O–H groups in total. The zero-order valence-electron chi connectivity index (χ0n) is 18.5. The van der Waals surface area contributed by atoms with Gasteiger partial charge in [-0.25, -0.2) is 9.37 Å². The number of rotatable bonds is 9. The number of hydrogen-bond donors (Lipinski definition) is 3. The number of ether oxygens (including phenoxy) is 1. The van der Waals surface area contributed by atoms with Crippen molar-refractivity contribution in [1.29, 1.82) is 0 Å². The molecule has 0 saturated heterocycles. The van der Waals surface area contributed by atoms with E-state index in [0.29, 0.717) is 12.4 Å². The van der Waals surface area contributed by atoms with Crippen LogP contribution in [0.1, 0.15) is 36.9 Å².